The molecule has 0 fully saturated rings. The molecule has 0 saturated carbocycles. The number of pyridine rings is 1. The molecule has 0 aliphatic carbocycles. The third kappa shape index (κ3) is 3.72. The number of hydrogen-bond donors (Lipinski definition) is 1. The average molecular weight is 279 g/mol. The maximum atomic E-state index is 6.09. The first kappa shape index (κ1) is 13.9. The number of nitrogens with one attached hydrogen (secondary N) is 1. The Labute approximate surface area is 111 Å². The molecule has 1 atom stereocenters. The van der Waals surface area contributed by atoms with E-state index in [0.29, 0.717) is 21.8 Å². The molecular formula is C11H16Cl2N2S. The van der Waals surface area contributed by atoms with Crippen LogP contribution in [0.5, 0.6) is 0 Å². The summed E-state index contributed by atoms with van der Waals surface area (Å²) in [4.78, 5) is 4.38. The van der Waals surface area contributed by atoms with E-state index in [9.17, 15) is 0 Å². The van der Waals surface area contributed by atoms with Crippen molar-refractivity contribution in [3.8, 4) is 0 Å². The van der Waals surface area contributed by atoms with Crippen molar-refractivity contribution in [3.63, 3.8) is 0 Å². The van der Waals surface area contributed by atoms with Crippen LogP contribution >= 0.6 is 35.0 Å². The summed E-state index contributed by atoms with van der Waals surface area (Å²) in [7, 11) is 1.80. The van der Waals surface area contributed by atoms with E-state index in [1.807, 2.05) is 0 Å². The number of nitrogens with zero attached hydrogens (tertiary/aromatic N) is 1. The minimum Gasteiger partial charge on any atom is -0.372 e. The number of thioether (sulfide) groups is 1. The van der Waals surface area contributed by atoms with Gasteiger partial charge in [0.2, 0.25) is 0 Å². The molecular weight excluding hydrogens is 263 g/mol. The quantitative estimate of drug-likeness (QED) is 0.799. The summed E-state index contributed by atoms with van der Waals surface area (Å²) in [5.74, 6) is 2.36. The normalized spacial score (nSPS) is 12.6. The molecule has 1 N–H and O–H groups in total. The van der Waals surface area contributed by atoms with Crippen LogP contribution in [-0.2, 0) is 0 Å². The van der Waals surface area contributed by atoms with Crippen molar-refractivity contribution >= 4 is 40.8 Å². The van der Waals surface area contributed by atoms with Gasteiger partial charge in [0.15, 0.2) is 0 Å². The van der Waals surface area contributed by atoms with Crippen LogP contribution in [-0.4, -0.2) is 17.8 Å². The fraction of sp³-hybridized carbons (Fsp3) is 0.545. The van der Waals surface area contributed by atoms with E-state index in [1.54, 1.807) is 24.9 Å². The maximum Gasteiger partial charge on any atom is 0.145 e. The van der Waals surface area contributed by atoms with Gasteiger partial charge in [-0.3, -0.25) is 0 Å². The maximum absolute atomic E-state index is 6.09. The molecule has 2 nitrogen and oxygen atoms in total. The Morgan fingerprint density at radius 3 is 2.69 bits per heavy atom. The van der Waals surface area contributed by atoms with Crippen LogP contribution < -0.4 is 5.32 Å². The molecule has 0 aliphatic heterocycles. The van der Waals surface area contributed by atoms with Crippen molar-refractivity contribution in [1.29, 1.82) is 0 Å². The van der Waals surface area contributed by atoms with Crippen molar-refractivity contribution in [2.75, 3.05) is 18.1 Å². The lowest BCUT2D eigenvalue weighted by molar-refractivity contribution is 0.636. The zero-order valence-electron chi connectivity index (χ0n) is 9.68. The van der Waals surface area contributed by atoms with Crippen molar-refractivity contribution < 1.29 is 0 Å². The van der Waals surface area contributed by atoms with Gasteiger partial charge in [0.05, 0.1) is 10.0 Å². The Bertz CT molecular complexity index is 358. The van der Waals surface area contributed by atoms with Crippen LogP contribution in [0.2, 0.25) is 10.0 Å². The standard InChI is InChI=1S/C11H16Cl2N2S/c1-4-7(2)6-16-11-9(13)5-8(12)10(14-3)15-11/h5,7H,4,6H2,1-3H3,(H,14,15). The predicted octanol–water partition coefficient (Wildman–Crippen LogP) is 4.57. The summed E-state index contributed by atoms with van der Waals surface area (Å²) < 4.78 is 0. The molecule has 1 aromatic rings. The third-order valence-electron chi connectivity index (χ3n) is 2.34. The Morgan fingerprint density at radius 2 is 2.12 bits per heavy atom. The van der Waals surface area contributed by atoms with E-state index in [0.717, 1.165) is 17.2 Å². The molecule has 1 unspecified atom stereocenters. The van der Waals surface area contributed by atoms with Gasteiger partial charge in [-0.05, 0) is 12.0 Å². The van der Waals surface area contributed by atoms with Gasteiger partial charge in [-0.25, -0.2) is 4.98 Å². The van der Waals surface area contributed by atoms with E-state index in [-0.39, 0.29) is 0 Å². The fourth-order valence-corrected chi connectivity index (χ4v) is 2.71. The molecule has 0 saturated heterocycles. The SMILES string of the molecule is CCC(C)CSc1nc(NC)c(Cl)cc1Cl. The molecule has 0 aromatic carbocycles. The van der Waals surface area contributed by atoms with Crippen molar-refractivity contribution in [2.24, 2.45) is 5.92 Å². The molecule has 5 heteroatoms. The monoisotopic (exact) mass is 278 g/mol. The molecule has 90 valence electrons. The highest BCUT2D eigenvalue weighted by atomic mass is 35.5. The van der Waals surface area contributed by atoms with E-state index < -0.39 is 0 Å². The van der Waals surface area contributed by atoms with Gasteiger partial charge in [0, 0.05) is 12.8 Å². The van der Waals surface area contributed by atoms with E-state index >= 15 is 0 Å². The number of anilines is 1. The van der Waals surface area contributed by atoms with Gasteiger partial charge < -0.3 is 5.32 Å². The van der Waals surface area contributed by atoms with Crippen LogP contribution in [0, 0.1) is 5.92 Å². The largest absolute Gasteiger partial charge is 0.372 e. The van der Waals surface area contributed by atoms with Crippen molar-refractivity contribution in [2.45, 2.75) is 25.3 Å². The van der Waals surface area contributed by atoms with Gasteiger partial charge in [-0.1, -0.05) is 43.5 Å². The highest BCUT2D eigenvalue weighted by Crippen LogP contribution is 2.32. The van der Waals surface area contributed by atoms with Gasteiger partial charge in [0.25, 0.3) is 0 Å². The molecule has 1 rings (SSSR count). The smallest absolute Gasteiger partial charge is 0.145 e. The summed E-state index contributed by atoms with van der Waals surface area (Å²) in [6.07, 6.45) is 1.16. The predicted molar refractivity (Wildman–Crippen MR) is 74.0 cm³/mol. The molecule has 16 heavy (non-hydrogen) atoms. The fourth-order valence-electron chi connectivity index (χ4n) is 1.07. The lowest BCUT2D eigenvalue weighted by Gasteiger charge is -2.10. The zero-order valence-corrected chi connectivity index (χ0v) is 12.0. The number of aromatic nitrogens is 1. The molecule has 1 aromatic heterocycles. The first-order valence-electron chi connectivity index (χ1n) is 5.25. The number of rotatable bonds is 5. The molecule has 1 heterocycles. The van der Waals surface area contributed by atoms with Crippen LogP contribution in [0.3, 0.4) is 0 Å². The van der Waals surface area contributed by atoms with E-state index in [1.165, 1.54) is 0 Å². The number of hydrogen-bond acceptors (Lipinski definition) is 3. The van der Waals surface area contributed by atoms with Gasteiger partial charge in [0.1, 0.15) is 10.8 Å². The molecule has 0 spiro atoms. The lowest BCUT2D eigenvalue weighted by atomic mass is 10.2. The molecule has 0 bridgehead atoms. The van der Waals surface area contributed by atoms with Crippen LogP contribution in [0.1, 0.15) is 20.3 Å². The summed E-state index contributed by atoms with van der Waals surface area (Å²) in [6, 6.07) is 1.74. The third-order valence-corrected chi connectivity index (χ3v) is 4.34. The second-order valence-corrected chi connectivity index (χ2v) is 5.50. The minimum absolute atomic E-state index is 0.556. The summed E-state index contributed by atoms with van der Waals surface area (Å²) >= 11 is 13.7. The average Bonchev–Trinajstić information content (AvgIpc) is 2.27. The molecule has 0 aliphatic rings. The second-order valence-electron chi connectivity index (χ2n) is 3.68. The highest BCUT2D eigenvalue weighted by Gasteiger charge is 2.10. The topological polar surface area (TPSA) is 24.9 Å². The van der Waals surface area contributed by atoms with E-state index in [2.05, 4.69) is 24.1 Å². The minimum atomic E-state index is 0.556. The Morgan fingerprint density at radius 1 is 1.44 bits per heavy atom. The van der Waals surface area contributed by atoms with Crippen LogP contribution in [0.15, 0.2) is 11.1 Å². The van der Waals surface area contributed by atoms with Crippen LogP contribution in [0.4, 0.5) is 5.82 Å². The Balaban J connectivity index is 2.79. The van der Waals surface area contributed by atoms with Crippen LogP contribution in [0.25, 0.3) is 0 Å². The first-order valence-corrected chi connectivity index (χ1v) is 6.99. The Hall–Kier alpha value is -0.120. The van der Waals surface area contributed by atoms with E-state index in [4.69, 9.17) is 23.2 Å². The van der Waals surface area contributed by atoms with Crippen molar-refractivity contribution in [1.82, 2.24) is 4.98 Å². The van der Waals surface area contributed by atoms with Gasteiger partial charge in [-0.2, -0.15) is 0 Å². The summed E-state index contributed by atoms with van der Waals surface area (Å²) in [5, 5.41) is 4.97. The zero-order chi connectivity index (χ0) is 12.1. The highest BCUT2D eigenvalue weighted by molar-refractivity contribution is 7.99. The first-order chi connectivity index (χ1) is 7.58. The molecule has 0 amide bonds. The van der Waals surface area contributed by atoms with Crippen molar-refractivity contribution in [3.05, 3.63) is 16.1 Å². The lowest BCUT2D eigenvalue weighted by Crippen LogP contribution is -1.99. The molecule has 0 radical (unpaired) electrons. The van der Waals surface area contributed by atoms with Gasteiger partial charge in [-0.15, -0.1) is 11.8 Å². The number of halogens is 2. The van der Waals surface area contributed by atoms with Gasteiger partial charge >= 0.3 is 0 Å². The second kappa shape index (κ2) is 6.58. The summed E-state index contributed by atoms with van der Waals surface area (Å²) in [6.45, 7) is 4.40. The Kier molecular flexibility index (Phi) is 5.73. The summed E-state index contributed by atoms with van der Waals surface area (Å²) in [5.41, 5.74) is 0.